The molecule has 86 valence electrons. The van der Waals surface area contributed by atoms with Crippen molar-refractivity contribution in [2.75, 3.05) is 5.32 Å². The topological polar surface area (TPSA) is 37.0 Å². The van der Waals surface area contributed by atoms with Gasteiger partial charge >= 0.3 is 0 Å². The normalized spacial score (nSPS) is 32.7. The van der Waals surface area contributed by atoms with Crippen molar-refractivity contribution in [3.05, 3.63) is 23.5 Å². The van der Waals surface area contributed by atoms with Crippen molar-refractivity contribution in [2.45, 2.75) is 43.8 Å². The van der Waals surface area contributed by atoms with Crippen LogP contribution < -0.4 is 10.6 Å². The molecule has 2 saturated heterocycles. The number of nitrogens with one attached hydrogen (secondary N) is 2. The summed E-state index contributed by atoms with van der Waals surface area (Å²) in [5, 5.41) is 7.74. The Morgan fingerprint density at radius 3 is 2.62 bits per heavy atom. The van der Waals surface area contributed by atoms with Crippen LogP contribution in [0.1, 0.15) is 25.7 Å². The average Bonchev–Trinajstić information content (AvgIpc) is 2.62. The summed E-state index contributed by atoms with van der Waals surface area (Å²) < 4.78 is 0. The van der Waals surface area contributed by atoms with Gasteiger partial charge in [-0.25, -0.2) is 4.98 Å². The maximum atomic E-state index is 5.76. The Morgan fingerprint density at radius 1 is 1.25 bits per heavy atom. The molecule has 0 radical (unpaired) electrons. The monoisotopic (exact) mass is 237 g/mol. The Morgan fingerprint density at radius 2 is 2.00 bits per heavy atom. The van der Waals surface area contributed by atoms with Crippen LogP contribution >= 0.6 is 11.6 Å². The predicted molar refractivity (Wildman–Crippen MR) is 65.8 cm³/mol. The minimum absolute atomic E-state index is 0.552. The Kier molecular flexibility index (Phi) is 2.74. The number of aromatic nitrogens is 1. The Bertz CT molecular complexity index is 353. The number of piperidine rings is 1. The quantitative estimate of drug-likeness (QED) is 0.776. The summed E-state index contributed by atoms with van der Waals surface area (Å²) in [5.41, 5.74) is 1.08. The first kappa shape index (κ1) is 10.4. The van der Waals surface area contributed by atoms with Gasteiger partial charge in [0.1, 0.15) is 5.15 Å². The van der Waals surface area contributed by atoms with Gasteiger partial charge in [-0.3, -0.25) is 0 Å². The number of fused-ring (bicyclic) bond motifs is 2. The van der Waals surface area contributed by atoms with E-state index in [0.717, 1.165) is 17.8 Å². The molecule has 3 rings (SSSR count). The van der Waals surface area contributed by atoms with Crippen LogP contribution in [0.4, 0.5) is 5.69 Å². The predicted octanol–water partition coefficient (Wildman–Crippen LogP) is 2.43. The molecule has 0 amide bonds. The van der Waals surface area contributed by atoms with E-state index in [1.807, 2.05) is 18.3 Å². The number of pyridine rings is 1. The van der Waals surface area contributed by atoms with Crippen molar-refractivity contribution in [1.29, 1.82) is 0 Å². The smallest absolute Gasteiger partial charge is 0.129 e. The van der Waals surface area contributed by atoms with Crippen molar-refractivity contribution in [3.63, 3.8) is 0 Å². The molecule has 1 aromatic rings. The van der Waals surface area contributed by atoms with E-state index in [0.29, 0.717) is 11.2 Å². The molecule has 2 N–H and O–H groups in total. The zero-order valence-electron chi connectivity index (χ0n) is 9.12. The van der Waals surface area contributed by atoms with E-state index < -0.39 is 0 Å². The van der Waals surface area contributed by atoms with E-state index >= 15 is 0 Å². The van der Waals surface area contributed by atoms with Crippen LogP contribution in [-0.2, 0) is 0 Å². The molecule has 0 unspecified atom stereocenters. The molecule has 0 spiro atoms. The van der Waals surface area contributed by atoms with Crippen molar-refractivity contribution in [1.82, 2.24) is 10.3 Å². The number of nitrogens with zero attached hydrogens (tertiary/aromatic N) is 1. The van der Waals surface area contributed by atoms with E-state index in [-0.39, 0.29) is 0 Å². The lowest BCUT2D eigenvalue weighted by molar-refractivity contribution is 0.378. The fourth-order valence-corrected chi connectivity index (χ4v) is 2.98. The fourth-order valence-electron chi connectivity index (χ4n) is 2.87. The van der Waals surface area contributed by atoms with Gasteiger partial charge in [0.05, 0.1) is 11.9 Å². The maximum Gasteiger partial charge on any atom is 0.129 e. The van der Waals surface area contributed by atoms with E-state index in [1.165, 1.54) is 25.7 Å². The highest BCUT2D eigenvalue weighted by Gasteiger charge is 2.33. The highest BCUT2D eigenvalue weighted by molar-refractivity contribution is 6.29. The third-order valence-electron chi connectivity index (χ3n) is 3.57. The summed E-state index contributed by atoms with van der Waals surface area (Å²) in [5.74, 6) is 0. The van der Waals surface area contributed by atoms with Gasteiger partial charge in [-0.1, -0.05) is 11.6 Å². The Hall–Kier alpha value is -0.800. The molecule has 1 aromatic heterocycles. The minimum Gasteiger partial charge on any atom is -0.381 e. The highest BCUT2D eigenvalue weighted by atomic mass is 35.5. The molecular formula is C12H16ClN3. The lowest BCUT2D eigenvalue weighted by atomic mass is 10.00. The van der Waals surface area contributed by atoms with Crippen LogP contribution in [0.25, 0.3) is 0 Å². The second kappa shape index (κ2) is 4.22. The van der Waals surface area contributed by atoms with Crippen LogP contribution in [0.3, 0.4) is 0 Å². The van der Waals surface area contributed by atoms with Crippen molar-refractivity contribution in [2.24, 2.45) is 0 Å². The average molecular weight is 238 g/mol. The van der Waals surface area contributed by atoms with E-state index in [1.54, 1.807) is 0 Å². The molecule has 3 heterocycles. The first-order valence-electron chi connectivity index (χ1n) is 5.94. The zero-order valence-corrected chi connectivity index (χ0v) is 9.87. The van der Waals surface area contributed by atoms with Gasteiger partial charge in [-0.2, -0.15) is 0 Å². The molecule has 2 aliphatic heterocycles. The standard InChI is InChI=1S/C12H16ClN3/c13-12-4-3-10(7-14-12)16-11-5-8-1-2-9(6-11)15-8/h3-4,7-9,11,15-16H,1-2,5-6H2/t8-,9+,11+. The van der Waals surface area contributed by atoms with Crippen LogP contribution in [0, 0.1) is 0 Å². The van der Waals surface area contributed by atoms with Crippen molar-refractivity contribution in [3.8, 4) is 0 Å². The van der Waals surface area contributed by atoms with Crippen LogP contribution in [-0.4, -0.2) is 23.1 Å². The van der Waals surface area contributed by atoms with Gasteiger partial charge in [-0.05, 0) is 37.8 Å². The maximum absolute atomic E-state index is 5.76. The molecule has 2 aliphatic rings. The van der Waals surface area contributed by atoms with Crippen LogP contribution in [0.15, 0.2) is 18.3 Å². The summed E-state index contributed by atoms with van der Waals surface area (Å²) >= 11 is 5.76. The van der Waals surface area contributed by atoms with Gasteiger partial charge in [0.2, 0.25) is 0 Å². The van der Waals surface area contributed by atoms with Gasteiger partial charge in [0.15, 0.2) is 0 Å². The second-order valence-electron chi connectivity index (χ2n) is 4.82. The van der Waals surface area contributed by atoms with Crippen molar-refractivity contribution < 1.29 is 0 Å². The lowest BCUT2D eigenvalue weighted by Crippen LogP contribution is -2.43. The zero-order chi connectivity index (χ0) is 11.0. The Balaban J connectivity index is 1.64. The summed E-state index contributed by atoms with van der Waals surface area (Å²) in [6, 6.07) is 5.86. The molecule has 0 saturated carbocycles. The molecule has 0 aliphatic carbocycles. The number of hydrogen-bond donors (Lipinski definition) is 2. The van der Waals surface area contributed by atoms with Gasteiger partial charge in [-0.15, -0.1) is 0 Å². The number of rotatable bonds is 2. The molecule has 2 fully saturated rings. The van der Waals surface area contributed by atoms with E-state index in [9.17, 15) is 0 Å². The third-order valence-corrected chi connectivity index (χ3v) is 3.79. The molecular weight excluding hydrogens is 222 g/mol. The summed E-state index contributed by atoms with van der Waals surface area (Å²) in [6.07, 6.45) is 6.92. The number of halogens is 1. The highest BCUT2D eigenvalue weighted by Crippen LogP contribution is 2.28. The molecule has 3 nitrogen and oxygen atoms in total. The lowest BCUT2D eigenvalue weighted by Gasteiger charge is -2.30. The molecule has 2 bridgehead atoms. The first-order chi connectivity index (χ1) is 7.79. The summed E-state index contributed by atoms with van der Waals surface area (Å²) in [4.78, 5) is 4.09. The SMILES string of the molecule is Clc1ccc(N[C@H]2C[C@H]3CC[C@@H](C2)N3)cn1. The first-order valence-corrected chi connectivity index (χ1v) is 6.31. The summed E-state index contributed by atoms with van der Waals surface area (Å²) in [6.45, 7) is 0. The molecule has 0 aromatic carbocycles. The second-order valence-corrected chi connectivity index (χ2v) is 5.21. The van der Waals surface area contributed by atoms with E-state index in [2.05, 4.69) is 15.6 Å². The molecule has 3 atom stereocenters. The number of hydrogen-bond acceptors (Lipinski definition) is 3. The Labute approximate surface area is 101 Å². The third kappa shape index (κ3) is 2.15. The summed E-state index contributed by atoms with van der Waals surface area (Å²) in [7, 11) is 0. The fraction of sp³-hybridized carbons (Fsp3) is 0.583. The molecule has 4 heteroatoms. The van der Waals surface area contributed by atoms with Crippen LogP contribution in [0.5, 0.6) is 0 Å². The van der Waals surface area contributed by atoms with E-state index in [4.69, 9.17) is 11.6 Å². The minimum atomic E-state index is 0.552. The van der Waals surface area contributed by atoms with Gasteiger partial charge < -0.3 is 10.6 Å². The van der Waals surface area contributed by atoms with Gasteiger partial charge in [0.25, 0.3) is 0 Å². The number of anilines is 1. The molecule has 16 heavy (non-hydrogen) atoms. The van der Waals surface area contributed by atoms with Crippen LogP contribution in [0.2, 0.25) is 5.15 Å². The van der Waals surface area contributed by atoms with Crippen molar-refractivity contribution >= 4 is 17.3 Å². The van der Waals surface area contributed by atoms with Gasteiger partial charge in [0, 0.05) is 18.1 Å². The largest absolute Gasteiger partial charge is 0.381 e.